The average molecular weight is 662 g/mol. The number of nitrogens with one attached hydrogen (secondary N) is 1. The summed E-state index contributed by atoms with van der Waals surface area (Å²) in [4.78, 5) is 40.0. The lowest BCUT2D eigenvalue weighted by Crippen LogP contribution is -2.54. The lowest BCUT2D eigenvalue weighted by atomic mass is 9.95. The fourth-order valence-electron chi connectivity index (χ4n) is 5.31. The van der Waals surface area contributed by atoms with Crippen molar-refractivity contribution in [1.82, 2.24) is 10.2 Å². The van der Waals surface area contributed by atoms with Crippen LogP contribution in [0.4, 0.5) is 11.4 Å². The summed E-state index contributed by atoms with van der Waals surface area (Å²) in [5.41, 5.74) is 0.105. The first-order valence-electron chi connectivity index (χ1n) is 14.4. The van der Waals surface area contributed by atoms with Gasteiger partial charge < -0.3 is 10.2 Å². The van der Waals surface area contributed by atoms with Gasteiger partial charge in [-0.1, -0.05) is 79.7 Å². The molecule has 10 nitrogen and oxygen atoms in total. The second-order valence-corrected chi connectivity index (χ2v) is 13.3. The lowest BCUT2D eigenvalue weighted by molar-refractivity contribution is -0.384. The Morgan fingerprint density at radius 3 is 2.34 bits per heavy atom. The summed E-state index contributed by atoms with van der Waals surface area (Å²) in [5.74, 6) is -1.03. The van der Waals surface area contributed by atoms with Gasteiger partial charge in [0.15, 0.2) is 0 Å². The fraction of sp³-hybridized carbons (Fsp3) is 0.355. The number of hydrogen-bond acceptors (Lipinski definition) is 6. The van der Waals surface area contributed by atoms with Gasteiger partial charge in [-0.2, -0.15) is 0 Å². The SMILES string of the molecule is CC[C@@H](C(=O)NC1CCCCC1)N(Cc1ccc(Cl)cc1Cl)C(=O)CN(c1cccc([N+](=O)[O-])c1)S(=O)(=O)c1ccccc1. The van der Waals surface area contributed by atoms with Crippen LogP contribution in [0, 0.1) is 10.1 Å². The van der Waals surface area contributed by atoms with Crippen molar-refractivity contribution in [2.75, 3.05) is 10.8 Å². The first kappa shape index (κ1) is 33.2. The standard InChI is InChI=1S/C31H34Cl2N4O6S/c1-2-29(31(39)34-24-10-5-3-6-11-24)35(20-22-16-17-23(32)18-28(22)33)30(38)21-36(25-12-9-13-26(19-25)37(40)41)44(42,43)27-14-7-4-8-15-27/h4,7-9,12-19,24,29H,2-3,5-6,10-11,20-21H2,1H3,(H,34,39)/t29-/m0/s1. The zero-order valence-corrected chi connectivity index (χ0v) is 26.5. The highest BCUT2D eigenvalue weighted by atomic mass is 35.5. The molecule has 2 amide bonds. The predicted molar refractivity (Wildman–Crippen MR) is 170 cm³/mol. The van der Waals surface area contributed by atoms with Crippen molar-refractivity contribution in [3.8, 4) is 0 Å². The van der Waals surface area contributed by atoms with Crippen LogP contribution in [0.2, 0.25) is 10.0 Å². The van der Waals surface area contributed by atoms with Crippen LogP contribution in [-0.4, -0.2) is 48.7 Å². The van der Waals surface area contributed by atoms with Crippen molar-refractivity contribution in [2.45, 2.75) is 69.0 Å². The van der Waals surface area contributed by atoms with E-state index in [4.69, 9.17) is 23.2 Å². The number of amides is 2. The highest BCUT2D eigenvalue weighted by Gasteiger charge is 2.35. The molecule has 1 aliphatic rings. The van der Waals surface area contributed by atoms with Crippen LogP contribution in [-0.2, 0) is 26.2 Å². The number of rotatable bonds is 12. The minimum Gasteiger partial charge on any atom is -0.352 e. The van der Waals surface area contributed by atoms with Crippen molar-refractivity contribution in [1.29, 1.82) is 0 Å². The Morgan fingerprint density at radius 1 is 1.00 bits per heavy atom. The third-order valence-corrected chi connectivity index (χ3v) is 10.0. The minimum atomic E-state index is -4.37. The zero-order valence-electron chi connectivity index (χ0n) is 24.2. The first-order chi connectivity index (χ1) is 21.0. The molecule has 1 atom stereocenters. The van der Waals surface area contributed by atoms with E-state index in [1.807, 2.05) is 0 Å². The molecule has 0 saturated heterocycles. The van der Waals surface area contributed by atoms with E-state index in [9.17, 15) is 28.1 Å². The number of benzene rings is 3. The van der Waals surface area contributed by atoms with Crippen molar-refractivity contribution in [3.63, 3.8) is 0 Å². The van der Waals surface area contributed by atoms with E-state index < -0.39 is 33.4 Å². The molecule has 234 valence electrons. The molecule has 0 heterocycles. The summed E-state index contributed by atoms with van der Waals surface area (Å²) in [6.07, 6.45) is 5.04. The molecule has 0 radical (unpaired) electrons. The van der Waals surface area contributed by atoms with Gasteiger partial charge in [0.2, 0.25) is 11.8 Å². The van der Waals surface area contributed by atoms with Crippen molar-refractivity contribution < 1.29 is 22.9 Å². The maximum atomic E-state index is 14.2. The first-order valence-corrected chi connectivity index (χ1v) is 16.6. The Bertz CT molecular complexity index is 1600. The molecule has 0 aliphatic heterocycles. The van der Waals surface area contributed by atoms with Gasteiger partial charge in [-0.25, -0.2) is 8.42 Å². The van der Waals surface area contributed by atoms with Gasteiger partial charge in [0.1, 0.15) is 12.6 Å². The molecular weight excluding hydrogens is 627 g/mol. The fourth-order valence-corrected chi connectivity index (χ4v) is 7.20. The van der Waals surface area contributed by atoms with Gasteiger partial charge in [-0.3, -0.25) is 24.0 Å². The zero-order chi connectivity index (χ0) is 31.9. The summed E-state index contributed by atoms with van der Waals surface area (Å²) in [7, 11) is -4.37. The topological polar surface area (TPSA) is 130 Å². The Hall–Kier alpha value is -3.67. The van der Waals surface area contributed by atoms with Gasteiger partial charge in [0.05, 0.1) is 15.5 Å². The maximum Gasteiger partial charge on any atom is 0.271 e. The summed E-state index contributed by atoms with van der Waals surface area (Å²) in [6, 6.07) is 16.4. The van der Waals surface area contributed by atoms with Crippen molar-refractivity contribution >= 4 is 56.4 Å². The van der Waals surface area contributed by atoms with Gasteiger partial charge in [-0.05, 0) is 55.2 Å². The molecule has 3 aromatic rings. The molecule has 0 spiro atoms. The third-order valence-electron chi connectivity index (χ3n) is 7.63. The van der Waals surface area contributed by atoms with E-state index in [0.717, 1.165) is 42.5 Å². The molecule has 1 N–H and O–H groups in total. The van der Waals surface area contributed by atoms with Crippen LogP contribution >= 0.6 is 23.2 Å². The Labute approximate surface area is 267 Å². The number of nitro groups is 1. The Balaban J connectivity index is 1.75. The van der Waals surface area contributed by atoms with Gasteiger partial charge in [0.25, 0.3) is 15.7 Å². The molecule has 13 heteroatoms. The molecule has 44 heavy (non-hydrogen) atoms. The number of nitro benzene ring substituents is 1. The van der Waals surface area contributed by atoms with Crippen LogP contribution in [0.25, 0.3) is 0 Å². The smallest absolute Gasteiger partial charge is 0.271 e. The maximum absolute atomic E-state index is 14.2. The Morgan fingerprint density at radius 2 is 1.70 bits per heavy atom. The second-order valence-electron chi connectivity index (χ2n) is 10.6. The van der Waals surface area contributed by atoms with Crippen LogP contribution in [0.1, 0.15) is 51.0 Å². The van der Waals surface area contributed by atoms with Crippen molar-refractivity contribution in [3.05, 3.63) is 98.5 Å². The molecular formula is C31H34Cl2N4O6S. The number of carbonyl (C=O) groups excluding carboxylic acids is 2. The number of anilines is 1. The summed E-state index contributed by atoms with van der Waals surface area (Å²) >= 11 is 12.6. The molecule has 0 aromatic heterocycles. The number of carbonyl (C=O) groups is 2. The monoisotopic (exact) mass is 660 g/mol. The molecule has 3 aromatic carbocycles. The molecule has 0 unspecified atom stereocenters. The van der Waals surface area contributed by atoms with Crippen LogP contribution in [0.5, 0.6) is 0 Å². The lowest BCUT2D eigenvalue weighted by Gasteiger charge is -2.34. The average Bonchev–Trinajstić information content (AvgIpc) is 3.01. The number of halogens is 2. The van der Waals surface area contributed by atoms with E-state index in [2.05, 4.69) is 5.32 Å². The second kappa shape index (κ2) is 14.9. The number of nitrogens with zero attached hydrogens (tertiary/aromatic N) is 3. The largest absolute Gasteiger partial charge is 0.352 e. The van der Waals surface area contributed by atoms with Crippen LogP contribution in [0.3, 0.4) is 0 Å². The molecule has 1 saturated carbocycles. The van der Waals surface area contributed by atoms with Crippen LogP contribution < -0.4 is 9.62 Å². The minimum absolute atomic E-state index is 0.0128. The van der Waals surface area contributed by atoms with E-state index in [0.29, 0.717) is 10.6 Å². The van der Waals surface area contributed by atoms with E-state index in [1.165, 1.54) is 53.4 Å². The van der Waals surface area contributed by atoms with E-state index in [-0.39, 0.29) is 46.2 Å². The predicted octanol–water partition coefficient (Wildman–Crippen LogP) is 6.35. The Kier molecular flexibility index (Phi) is 11.2. The van der Waals surface area contributed by atoms with E-state index in [1.54, 1.807) is 25.1 Å². The highest BCUT2D eigenvalue weighted by Crippen LogP contribution is 2.29. The van der Waals surface area contributed by atoms with E-state index >= 15 is 0 Å². The summed E-state index contributed by atoms with van der Waals surface area (Å²) < 4.78 is 28.7. The van der Waals surface area contributed by atoms with Crippen molar-refractivity contribution in [2.24, 2.45) is 0 Å². The highest BCUT2D eigenvalue weighted by molar-refractivity contribution is 7.92. The van der Waals surface area contributed by atoms with Crippen LogP contribution in [0.15, 0.2) is 77.7 Å². The number of sulfonamides is 1. The van der Waals surface area contributed by atoms with Gasteiger partial charge in [-0.15, -0.1) is 0 Å². The third kappa shape index (κ3) is 8.08. The van der Waals surface area contributed by atoms with Gasteiger partial charge in [0, 0.05) is 34.8 Å². The molecule has 4 rings (SSSR count). The summed E-state index contributed by atoms with van der Waals surface area (Å²) in [6.45, 7) is 0.949. The van der Waals surface area contributed by atoms with Gasteiger partial charge >= 0.3 is 0 Å². The molecule has 1 fully saturated rings. The molecule has 1 aliphatic carbocycles. The normalized spacial score (nSPS) is 14.4. The number of hydrogen-bond donors (Lipinski definition) is 1. The number of non-ortho nitro benzene ring substituents is 1. The quantitative estimate of drug-likeness (QED) is 0.178. The molecule has 0 bridgehead atoms. The summed E-state index contributed by atoms with van der Waals surface area (Å²) in [5, 5.41) is 15.3.